The molecule has 0 atom stereocenters. The summed E-state index contributed by atoms with van der Waals surface area (Å²) in [5.41, 5.74) is 5.71. The van der Waals surface area contributed by atoms with Crippen LogP contribution in [0.1, 0.15) is 18.9 Å². The first-order valence-electron chi connectivity index (χ1n) is 5.11. The van der Waals surface area contributed by atoms with E-state index in [1.165, 1.54) is 0 Å². The summed E-state index contributed by atoms with van der Waals surface area (Å²) in [7, 11) is 0. The first-order chi connectivity index (χ1) is 7.63. The molecule has 0 unspecified atom stereocenters. The highest BCUT2D eigenvalue weighted by molar-refractivity contribution is 14.0. The molecule has 3 nitrogen and oxygen atoms in total. The molecule has 0 aliphatic carbocycles. The lowest BCUT2D eigenvalue weighted by atomic mass is 10.2. The summed E-state index contributed by atoms with van der Waals surface area (Å²) >= 11 is 0. The molecule has 0 bridgehead atoms. The predicted octanol–water partition coefficient (Wildman–Crippen LogP) is 2.40. The zero-order valence-electron chi connectivity index (χ0n) is 9.54. The Morgan fingerprint density at radius 3 is 2.76 bits per heavy atom. The Bertz CT molecular complexity index is 383. The van der Waals surface area contributed by atoms with Gasteiger partial charge in [-0.25, -0.2) is 13.8 Å². The van der Waals surface area contributed by atoms with Gasteiger partial charge in [0.25, 0.3) is 0 Å². The van der Waals surface area contributed by atoms with Crippen LogP contribution < -0.4 is 11.1 Å². The van der Waals surface area contributed by atoms with Gasteiger partial charge in [0.15, 0.2) is 5.96 Å². The summed E-state index contributed by atoms with van der Waals surface area (Å²) in [6, 6.07) is 3.27. The van der Waals surface area contributed by atoms with Crippen LogP contribution in [0.3, 0.4) is 0 Å². The lowest BCUT2D eigenvalue weighted by Crippen LogP contribution is -2.32. The molecule has 0 aliphatic heterocycles. The molecule has 1 aromatic rings. The third-order valence-corrected chi connectivity index (χ3v) is 1.98. The molecule has 1 aromatic carbocycles. The highest BCUT2D eigenvalue weighted by atomic mass is 127. The van der Waals surface area contributed by atoms with Crippen molar-refractivity contribution < 1.29 is 8.78 Å². The van der Waals surface area contributed by atoms with E-state index in [0.717, 1.165) is 24.6 Å². The smallest absolute Gasteiger partial charge is 0.188 e. The number of hydrogen-bond donors (Lipinski definition) is 2. The quantitative estimate of drug-likeness (QED) is 0.495. The van der Waals surface area contributed by atoms with E-state index in [0.29, 0.717) is 6.54 Å². The van der Waals surface area contributed by atoms with Gasteiger partial charge in [0.05, 0.1) is 6.54 Å². The molecule has 0 saturated heterocycles. The van der Waals surface area contributed by atoms with Crippen LogP contribution in [-0.2, 0) is 6.54 Å². The molecule has 0 aliphatic rings. The number of hydrogen-bond acceptors (Lipinski definition) is 1. The molecule has 96 valence electrons. The van der Waals surface area contributed by atoms with Gasteiger partial charge in [-0.05, 0) is 24.6 Å². The number of nitrogens with two attached hydrogens (primary N) is 1. The number of aliphatic imine (C=N–C) groups is 1. The molecule has 0 aromatic heterocycles. The second kappa shape index (κ2) is 8.21. The molecule has 0 heterocycles. The molecule has 0 radical (unpaired) electrons. The monoisotopic (exact) mass is 355 g/mol. The maximum atomic E-state index is 13.2. The van der Waals surface area contributed by atoms with Crippen molar-refractivity contribution in [3.63, 3.8) is 0 Å². The fraction of sp³-hybridized carbons (Fsp3) is 0.364. The van der Waals surface area contributed by atoms with Gasteiger partial charge in [0.1, 0.15) is 11.6 Å². The van der Waals surface area contributed by atoms with E-state index in [-0.39, 0.29) is 42.0 Å². The van der Waals surface area contributed by atoms with Crippen molar-refractivity contribution in [1.29, 1.82) is 0 Å². The first kappa shape index (κ1) is 16.1. The van der Waals surface area contributed by atoms with Crippen LogP contribution in [0, 0.1) is 11.6 Å². The van der Waals surface area contributed by atoms with E-state index in [1.807, 2.05) is 6.92 Å². The first-order valence-corrected chi connectivity index (χ1v) is 5.11. The van der Waals surface area contributed by atoms with E-state index in [2.05, 4.69) is 10.3 Å². The summed E-state index contributed by atoms with van der Waals surface area (Å²) in [4.78, 5) is 3.91. The SMILES string of the molecule is CCCNC(N)=NCc1cc(F)ccc1F.I. The van der Waals surface area contributed by atoms with Crippen LogP contribution >= 0.6 is 24.0 Å². The van der Waals surface area contributed by atoms with Crippen LogP contribution in [0.25, 0.3) is 0 Å². The summed E-state index contributed by atoms with van der Waals surface area (Å²) < 4.78 is 26.0. The number of nitrogens with one attached hydrogen (secondary N) is 1. The molecular formula is C11H16F2IN3. The average molecular weight is 355 g/mol. The van der Waals surface area contributed by atoms with Gasteiger partial charge in [-0.1, -0.05) is 6.92 Å². The van der Waals surface area contributed by atoms with Gasteiger partial charge in [-0.2, -0.15) is 0 Å². The number of guanidine groups is 1. The predicted molar refractivity (Wildman–Crippen MR) is 75.4 cm³/mol. The molecule has 17 heavy (non-hydrogen) atoms. The number of benzene rings is 1. The molecule has 6 heteroatoms. The molecular weight excluding hydrogens is 339 g/mol. The lowest BCUT2D eigenvalue weighted by molar-refractivity contribution is 0.585. The van der Waals surface area contributed by atoms with Crippen molar-refractivity contribution in [3.05, 3.63) is 35.4 Å². The standard InChI is InChI=1S/C11H15F2N3.HI/c1-2-5-15-11(14)16-7-8-6-9(12)3-4-10(8)13;/h3-4,6H,2,5,7H2,1H3,(H3,14,15,16);1H. The van der Waals surface area contributed by atoms with E-state index >= 15 is 0 Å². The Kier molecular flexibility index (Phi) is 7.77. The van der Waals surface area contributed by atoms with Crippen LogP contribution in [-0.4, -0.2) is 12.5 Å². The van der Waals surface area contributed by atoms with E-state index < -0.39 is 11.6 Å². The Balaban J connectivity index is 0.00000256. The van der Waals surface area contributed by atoms with Crippen molar-refractivity contribution >= 4 is 29.9 Å². The van der Waals surface area contributed by atoms with Crippen molar-refractivity contribution in [3.8, 4) is 0 Å². The number of rotatable bonds is 4. The second-order valence-electron chi connectivity index (χ2n) is 3.36. The minimum atomic E-state index is -0.480. The molecule has 0 amide bonds. The summed E-state index contributed by atoms with van der Waals surface area (Å²) in [5, 5.41) is 2.85. The molecule has 1 rings (SSSR count). The lowest BCUT2D eigenvalue weighted by Gasteiger charge is -2.04. The van der Waals surface area contributed by atoms with E-state index in [9.17, 15) is 8.78 Å². The normalized spacial score (nSPS) is 10.9. The zero-order valence-corrected chi connectivity index (χ0v) is 11.9. The van der Waals surface area contributed by atoms with Crippen LogP contribution in [0.2, 0.25) is 0 Å². The topological polar surface area (TPSA) is 50.4 Å². The third kappa shape index (κ3) is 5.81. The van der Waals surface area contributed by atoms with Gasteiger partial charge < -0.3 is 11.1 Å². The van der Waals surface area contributed by atoms with Crippen molar-refractivity contribution in [2.45, 2.75) is 19.9 Å². The van der Waals surface area contributed by atoms with Crippen LogP contribution in [0.4, 0.5) is 8.78 Å². The Labute approximate surface area is 117 Å². The van der Waals surface area contributed by atoms with Gasteiger partial charge in [0, 0.05) is 12.1 Å². The number of nitrogens with zero attached hydrogens (tertiary/aromatic N) is 1. The van der Waals surface area contributed by atoms with Gasteiger partial charge in [-0.3, -0.25) is 0 Å². The Morgan fingerprint density at radius 2 is 2.12 bits per heavy atom. The van der Waals surface area contributed by atoms with Gasteiger partial charge >= 0.3 is 0 Å². The third-order valence-electron chi connectivity index (χ3n) is 1.98. The van der Waals surface area contributed by atoms with Crippen LogP contribution in [0.15, 0.2) is 23.2 Å². The fourth-order valence-electron chi connectivity index (χ4n) is 1.14. The molecule has 0 spiro atoms. The molecule has 0 fully saturated rings. The van der Waals surface area contributed by atoms with E-state index in [1.54, 1.807) is 0 Å². The Hall–Kier alpha value is -0.920. The largest absolute Gasteiger partial charge is 0.370 e. The fourth-order valence-corrected chi connectivity index (χ4v) is 1.14. The second-order valence-corrected chi connectivity index (χ2v) is 3.36. The summed E-state index contributed by atoms with van der Waals surface area (Å²) in [6.45, 7) is 2.74. The maximum absolute atomic E-state index is 13.2. The van der Waals surface area contributed by atoms with E-state index in [4.69, 9.17) is 5.73 Å². The highest BCUT2D eigenvalue weighted by Gasteiger charge is 2.02. The summed E-state index contributed by atoms with van der Waals surface area (Å²) in [6.07, 6.45) is 0.921. The molecule has 3 N–H and O–H groups in total. The average Bonchev–Trinajstić information content (AvgIpc) is 2.27. The highest BCUT2D eigenvalue weighted by Crippen LogP contribution is 2.10. The zero-order chi connectivity index (χ0) is 12.0. The van der Waals surface area contributed by atoms with Crippen molar-refractivity contribution in [2.24, 2.45) is 10.7 Å². The minimum Gasteiger partial charge on any atom is -0.370 e. The van der Waals surface area contributed by atoms with Gasteiger partial charge in [0.2, 0.25) is 0 Å². The Morgan fingerprint density at radius 1 is 1.41 bits per heavy atom. The van der Waals surface area contributed by atoms with Gasteiger partial charge in [-0.15, -0.1) is 24.0 Å². The van der Waals surface area contributed by atoms with Crippen molar-refractivity contribution in [1.82, 2.24) is 5.32 Å². The molecule has 0 saturated carbocycles. The van der Waals surface area contributed by atoms with Crippen molar-refractivity contribution in [2.75, 3.05) is 6.54 Å². The minimum absolute atomic E-state index is 0. The maximum Gasteiger partial charge on any atom is 0.188 e. The number of halogens is 3. The van der Waals surface area contributed by atoms with Crippen LogP contribution in [0.5, 0.6) is 0 Å². The summed E-state index contributed by atoms with van der Waals surface area (Å²) in [5.74, 6) is -0.717.